The van der Waals surface area contributed by atoms with Crippen molar-refractivity contribution < 1.29 is 17.6 Å². The monoisotopic (exact) mass is 449 g/mol. The molecule has 1 amide bonds. The molecular formula is C19H20FN5O3S2. The van der Waals surface area contributed by atoms with E-state index < -0.39 is 21.7 Å². The maximum Gasteiger partial charge on any atom is 0.262 e. The molecule has 11 heteroatoms. The summed E-state index contributed by atoms with van der Waals surface area (Å²) in [5.74, 6) is -0.610. The van der Waals surface area contributed by atoms with E-state index in [9.17, 15) is 17.6 Å². The molecule has 3 aromatic rings. The molecule has 158 valence electrons. The quantitative estimate of drug-likeness (QED) is 0.480. The van der Waals surface area contributed by atoms with Gasteiger partial charge in [0.25, 0.3) is 15.9 Å². The maximum atomic E-state index is 13.8. The molecule has 0 fully saturated rings. The number of amides is 1. The third-order valence-electron chi connectivity index (χ3n) is 4.44. The number of H-pyrrole nitrogens is 1. The average molecular weight is 450 g/mol. The Morgan fingerprint density at radius 2 is 2.00 bits per heavy atom. The fraction of sp³-hybridized carbons (Fsp3) is 0.211. The van der Waals surface area contributed by atoms with Gasteiger partial charge in [0.05, 0.1) is 17.1 Å². The molecule has 0 bridgehead atoms. The van der Waals surface area contributed by atoms with Crippen LogP contribution in [0.5, 0.6) is 0 Å². The molecule has 1 heterocycles. The maximum absolute atomic E-state index is 13.8. The van der Waals surface area contributed by atoms with Gasteiger partial charge in [0.1, 0.15) is 5.82 Å². The van der Waals surface area contributed by atoms with Crippen LogP contribution in [0.3, 0.4) is 0 Å². The van der Waals surface area contributed by atoms with Crippen molar-refractivity contribution in [1.29, 1.82) is 0 Å². The molecule has 0 aliphatic rings. The Kier molecular flexibility index (Phi) is 6.32. The number of hydrogen-bond acceptors (Lipinski definition) is 5. The topological polar surface area (TPSA) is 109 Å². The lowest BCUT2D eigenvalue weighted by Gasteiger charge is -2.12. The number of para-hydroxylation sites is 1. The Morgan fingerprint density at radius 1 is 1.27 bits per heavy atom. The first-order valence-corrected chi connectivity index (χ1v) is 10.9. The van der Waals surface area contributed by atoms with E-state index in [1.807, 2.05) is 6.92 Å². The van der Waals surface area contributed by atoms with Gasteiger partial charge in [0.15, 0.2) is 10.6 Å². The number of nitrogens with zero attached hydrogens (tertiary/aromatic N) is 2. The highest BCUT2D eigenvalue weighted by Crippen LogP contribution is 2.21. The van der Waals surface area contributed by atoms with E-state index in [0.717, 1.165) is 6.07 Å². The molecule has 3 N–H and O–H groups in total. The first-order valence-electron chi connectivity index (χ1n) is 9.03. The van der Waals surface area contributed by atoms with E-state index in [2.05, 4.69) is 20.2 Å². The van der Waals surface area contributed by atoms with Gasteiger partial charge in [-0.1, -0.05) is 18.2 Å². The predicted molar refractivity (Wildman–Crippen MR) is 113 cm³/mol. The third kappa shape index (κ3) is 4.57. The van der Waals surface area contributed by atoms with Crippen LogP contribution in [0.4, 0.5) is 10.1 Å². The van der Waals surface area contributed by atoms with Gasteiger partial charge in [-0.15, -0.1) is 0 Å². The van der Waals surface area contributed by atoms with Crippen molar-refractivity contribution in [3.8, 4) is 0 Å². The Balaban J connectivity index is 1.83. The first-order chi connectivity index (χ1) is 14.2. The van der Waals surface area contributed by atoms with Crippen LogP contribution in [0.25, 0.3) is 0 Å². The van der Waals surface area contributed by atoms with E-state index in [-0.39, 0.29) is 22.7 Å². The molecule has 0 unspecified atom stereocenters. The van der Waals surface area contributed by atoms with E-state index >= 15 is 0 Å². The number of halogens is 1. The van der Waals surface area contributed by atoms with Crippen molar-refractivity contribution in [2.45, 2.75) is 31.8 Å². The molecule has 2 aromatic carbocycles. The number of rotatable bonds is 7. The number of carbonyl (C=O) groups is 1. The number of aryl methyl sites for hydroxylation is 1. The Hall–Kier alpha value is -3.05. The summed E-state index contributed by atoms with van der Waals surface area (Å²) >= 11 is 5.12. The Morgan fingerprint density at radius 3 is 2.70 bits per heavy atom. The van der Waals surface area contributed by atoms with Gasteiger partial charge in [-0.25, -0.2) is 12.8 Å². The van der Waals surface area contributed by atoms with Crippen LogP contribution in [-0.4, -0.2) is 29.1 Å². The van der Waals surface area contributed by atoms with Gasteiger partial charge in [0, 0.05) is 12.1 Å². The zero-order valence-corrected chi connectivity index (χ0v) is 17.9. The summed E-state index contributed by atoms with van der Waals surface area (Å²) in [5, 5.41) is 9.46. The molecule has 0 saturated heterocycles. The normalized spacial score (nSPS) is 11.3. The lowest BCUT2D eigenvalue weighted by atomic mass is 10.1. The molecule has 0 aliphatic carbocycles. The van der Waals surface area contributed by atoms with Gasteiger partial charge in [-0.05, 0) is 55.9 Å². The minimum atomic E-state index is -4.09. The molecule has 0 atom stereocenters. The molecule has 3 rings (SSSR count). The van der Waals surface area contributed by atoms with Gasteiger partial charge in [-0.3, -0.25) is 14.6 Å². The Labute approximate surface area is 178 Å². The molecule has 0 radical (unpaired) electrons. The van der Waals surface area contributed by atoms with Crippen LogP contribution in [0.1, 0.15) is 28.7 Å². The van der Waals surface area contributed by atoms with Gasteiger partial charge in [-0.2, -0.15) is 5.10 Å². The van der Waals surface area contributed by atoms with Crippen molar-refractivity contribution in [2.24, 2.45) is 0 Å². The number of carbonyl (C=O) groups excluding carboxylic acids is 1. The largest absolute Gasteiger partial charge is 0.345 e. The molecule has 0 spiro atoms. The van der Waals surface area contributed by atoms with Crippen molar-refractivity contribution >= 4 is 33.8 Å². The van der Waals surface area contributed by atoms with Gasteiger partial charge < -0.3 is 9.88 Å². The molecular weight excluding hydrogens is 429 g/mol. The summed E-state index contributed by atoms with van der Waals surface area (Å²) in [5.41, 5.74) is 0.599. The van der Waals surface area contributed by atoms with Crippen LogP contribution < -0.4 is 10.0 Å². The number of anilines is 1. The number of hydrogen-bond donors (Lipinski definition) is 3. The zero-order valence-electron chi connectivity index (χ0n) is 16.3. The van der Waals surface area contributed by atoms with Crippen molar-refractivity contribution in [1.82, 2.24) is 20.1 Å². The van der Waals surface area contributed by atoms with Crippen LogP contribution in [-0.2, 0) is 23.1 Å². The Bertz CT molecular complexity index is 1250. The number of aromatic amines is 1. The molecule has 30 heavy (non-hydrogen) atoms. The second kappa shape index (κ2) is 8.76. The summed E-state index contributed by atoms with van der Waals surface area (Å²) in [6, 6.07) is 9.57. The summed E-state index contributed by atoms with van der Waals surface area (Å²) in [6.07, 6.45) is 0. The second-order valence-corrected chi connectivity index (χ2v) is 8.50. The molecule has 8 nitrogen and oxygen atoms in total. The summed E-state index contributed by atoms with van der Waals surface area (Å²) in [6.45, 7) is 4.30. The number of sulfonamides is 1. The second-order valence-electron chi connectivity index (χ2n) is 6.43. The lowest BCUT2D eigenvalue weighted by molar-refractivity contribution is 0.0948. The smallest absolute Gasteiger partial charge is 0.262 e. The average Bonchev–Trinajstić information content (AvgIpc) is 3.07. The highest BCUT2D eigenvalue weighted by atomic mass is 32.2. The minimum Gasteiger partial charge on any atom is -0.345 e. The van der Waals surface area contributed by atoms with Crippen LogP contribution in [0.2, 0.25) is 0 Å². The first kappa shape index (κ1) is 21.7. The van der Waals surface area contributed by atoms with Gasteiger partial charge >= 0.3 is 0 Å². The van der Waals surface area contributed by atoms with Crippen LogP contribution in [0, 0.1) is 17.5 Å². The molecule has 0 aliphatic heterocycles. The summed E-state index contributed by atoms with van der Waals surface area (Å²) in [4.78, 5) is 12.5. The standard InChI is InChI=1S/C19H20FN5O3S2/c1-3-25-17(22-23-19(25)29)11-21-18(26)14-10-13(9-8-12(14)2)30(27,28)24-16-7-5-4-6-15(16)20/h4-10,24H,3,11H2,1-2H3,(H,21,26)(H,23,29). The van der Waals surface area contributed by atoms with Gasteiger partial charge in [0.2, 0.25) is 0 Å². The van der Waals surface area contributed by atoms with Crippen LogP contribution in [0.15, 0.2) is 47.4 Å². The molecule has 0 saturated carbocycles. The number of nitrogens with one attached hydrogen (secondary N) is 3. The minimum absolute atomic E-state index is 0.115. The van der Waals surface area contributed by atoms with Crippen LogP contribution >= 0.6 is 12.2 Å². The van der Waals surface area contributed by atoms with E-state index in [1.54, 1.807) is 11.5 Å². The number of benzene rings is 2. The molecule has 1 aromatic heterocycles. The highest BCUT2D eigenvalue weighted by Gasteiger charge is 2.20. The summed E-state index contributed by atoms with van der Waals surface area (Å²) < 4.78 is 43.5. The summed E-state index contributed by atoms with van der Waals surface area (Å²) in [7, 11) is -4.09. The van der Waals surface area contributed by atoms with Crippen molar-refractivity contribution in [3.63, 3.8) is 0 Å². The van der Waals surface area contributed by atoms with E-state index in [0.29, 0.717) is 22.7 Å². The zero-order chi connectivity index (χ0) is 21.9. The van der Waals surface area contributed by atoms with E-state index in [1.165, 1.54) is 36.4 Å². The predicted octanol–water partition coefficient (Wildman–Crippen LogP) is 3.14. The van der Waals surface area contributed by atoms with Crippen molar-refractivity contribution in [2.75, 3.05) is 4.72 Å². The van der Waals surface area contributed by atoms with E-state index in [4.69, 9.17) is 12.2 Å². The van der Waals surface area contributed by atoms with Crippen molar-refractivity contribution in [3.05, 3.63) is 70.0 Å². The number of aromatic nitrogens is 3. The lowest BCUT2D eigenvalue weighted by Crippen LogP contribution is -2.26. The highest BCUT2D eigenvalue weighted by molar-refractivity contribution is 7.92. The SMILES string of the molecule is CCn1c(CNC(=O)c2cc(S(=O)(=O)Nc3ccccc3F)ccc2C)n[nH]c1=S. The fourth-order valence-electron chi connectivity index (χ4n) is 2.83. The third-order valence-corrected chi connectivity index (χ3v) is 6.12. The fourth-order valence-corrected chi connectivity index (χ4v) is 4.20.